The number of ether oxygens (including phenoxy) is 2. The third-order valence-corrected chi connectivity index (χ3v) is 4.81. The predicted octanol–water partition coefficient (Wildman–Crippen LogP) is 3.37. The van der Waals surface area contributed by atoms with Gasteiger partial charge in [0, 0.05) is 6.04 Å². The topological polar surface area (TPSA) is 50.8 Å². The van der Waals surface area contributed by atoms with Crippen molar-refractivity contribution in [2.75, 3.05) is 31.6 Å². The molecule has 2 heterocycles. The van der Waals surface area contributed by atoms with E-state index in [4.69, 9.17) is 9.47 Å². The molecule has 0 aromatic heterocycles. The molecule has 2 aliphatic rings. The van der Waals surface area contributed by atoms with Crippen LogP contribution in [-0.2, 0) is 4.79 Å². The molecular weight excluding hydrogens is 335 g/mol. The first kappa shape index (κ1) is 16.8. The lowest BCUT2D eigenvalue weighted by Gasteiger charge is -2.26. The number of para-hydroxylation sites is 1. The molecule has 1 saturated heterocycles. The number of carbonyl (C=O) groups is 1. The van der Waals surface area contributed by atoms with Gasteiger partial charge in [-0.05, 0) is 49.2 Å². The Hall–Kier alpha value is -2.60. The molecule has 0 aliphatic carbocycles. The highest BCUT2D eigenvalue weighted by atomic mass is 19.1. The van der Waals surface area contributed by atoms with Crippen LogP contribution in [0.25, 0.3) is 0 Å². The number of nitrogens with one attached hydrogen (secondary N) is 1. The number of anilines is 1. The van der Waals surface area contributed by atoms with E-state index >= 15 is 0 Å². The van der Waals surface area contributed by atoms with Crippen molar-refractivity contribution in [2.24, 2.45) is 0 Å². The van der Waals surface area contributed by atoms with Crippen LogP contribution >= 0.6 is 0 Å². The Morgan fingerprint density at radius 1 is 1.15 bits per heavy atom. The molecule has 1 amide bonds. The predicted molar refractivity (Wildman–Crippen MR) is 96.0 cm³/mol. The van der Waals surface area contributed by atoms with E-state index in [9.17, 15) is 9.18 Å². The Morgan fingerprint density at radius 3 is 2.81 bits per heavy atom. The van der Waals surface area contributed by atoms with Gasteiger partial charge in [0.2, 0.25) is 5.91 Å². The molecule has 0 saturated carbocycles. The van der Waals surface area contributed by atoms with Crippen molar-refractivity contribution in [1.29, 1.82) is 0 Å². The molecule has 5 nitrogen and oxygen atoms in total. The molecule has 2 aromatic carbocycles. The molecule has 1 N–H and O–H groups in total. The monoisotopic (exact) mass is 356 g/mol. The van der Waals surface area contributed by atoms with E-state index in [1.807, 2.05) is 18.2 Å². The van der Waals surface area contributed by atoms with Crippen LogP contribution in [-0.4, -0.2) is 37.1 Å². The van der Waals surface area contributed by atoms with E-state index in [2.05, 4.69) is 10.2 Å². The molecule has 1 unspecified atom stereocenters. The molecule has 0 radical (unpaired) electrons. The number of likely N-dealkylation sites (tertiary alicyclic amines) is 1. The quantitative estimate of drug-likeness (QED) is 0.913. The van der Waals surface area contributed by atoms with Gasteiger partial charge in [0.15, 0.2) is 11.5 Å². The highest BCUT2D eigenvalue weighted by molar-refractivity contribution is 5.92. The van der Waals surface area contributed by atoms with E-state index in [0.29, 0.717) is 13.2 Å². The first-order valence-corrected chi connectivity index (χ1v) is 8.89. The van der Waals surface area contributed by atoms with E-state index in [0.717, 1.165) is 36.4 Å². The van der Waals surface area contributed by atoms with Gasteiger partial charge in [-0.25, -0.2) is 4.39 Å². The number of hydrogen-bond donors (Lipinski definition) is 1. The zero-order valence-corrected chi connectivity index (χ0v) is 14.4. The second-order valence-electron chi connectivity index (χ2n) is 6.56. The Morgan fingerprint density at radius 2 is 1.96 bits per heavy atom. The normalized spacial score (nSPS) is 19.3. The van der Waals surface area contributed by atoms with E-state index in [-0.39, 0.29) is 24.2 Å². The molecule has 1 atom stereocenters. The minimum atomic E-state index is -0.425. The SMILES string of the molecule is O=C(CN1CCCC1c1ccc2c(c1)OCCO2)Nc1ccccc1F. The number of carbonyl (C=O) groups excluding carboxylic acids is 1. The Kier molecular flexibility index (Phi) is 4.75. The number of fused-ring (bicyclic) bond motifs is 1. The van der Waals surface area contributed by atoms with Crippen molar-refractivity contribution in [2.45, 2.75) is 18.9 Å². The molecule has 26 heavy (non-hydrogen) atoms. The number of benzene rings is 2. The van der Waals surface area contributed by atoms with Crippen LogP contribution in [0.3, 0.4) is 0 Å². The summed E-state index contributed by atoms with van der Waals surface area (Å²) >= 11 is 0. The van der Waals surface area contributed by atoms with Gasteiger partial charge >= 0.3 is 0 Å². The number of hydrogen-bond acceptors (Lipinski definition) is 4. The third kappa shape index (κ3) is 3.51. The first-order chi connectivity index (χ1) is 12.7. The van der Waals surface area contributed by atoms with Gasteiger partial charge in [0.25, 0.3) is 0 Å². The molecule has 1 fully saturated rings. The van der Waals surface area contributed by atoms with Crippen molar-refractivity contribution in [3.63, 3.8) is 0 Å². The van der Waals surface area contributed by atoms with Gasteiger partial charge in [-0.15, -0.1) is 0 Å². The molecule has 136 valence electrons. The lowest BCUT2D eigenvalue weighted by atomic mass is 10.0. The fourth-order valence-electron chi connectivity index (χ4n) is 3.60. The zero-order valence-electron chi connectivity index (χ0n) is 14.4. The summed E-state index contributed by atoms with van der Waals surface area (Å²) in [6, 6.07) is 12.3. The highest BCUT2D eigenvalue weighted by Gasteiger charge is 2.28. The number of nitrogens with zero attached hydrogens (tertiary/aromatic N) is 1. The van der Waals surface area contributed by atoms with Gasteiger partial charge in [0.05, 0.1) is 12.2 Å². The fraction of sp³-hybridized carbons (Fsp3) is 0.350. The largest absolute Gasteiger partial charge is 0.486 e. The molecular formula is C20H21FN2O3. The fourth-order valence-corrected chi connectivity index (χ4v) is 3.60. The molecule has 4 rings (SSSR count). The summed E-state index contributed by atoms with van der Waals surface area (Å²) in [5, 5.41) is 2.66. The summed E-state index contributed by atoms with van der Waals surface area (Å²) < 4.78 is 25.0. The minimum Gasteiger partial charge on any atom is -0.486 e. The second kappa shape index (κ2) is 7.33. The standard InChI is InChI=1S/C20H21FN2O3/c21-15-4-1-2-5-16(15)22-20(24)13-23-9-3-6-17(23)14-7-8-18-19(12-14)26-11-10-25-18/h1-2,4-5,7-8,12,17H,3,6,9-11,13H2,(H,22,24). The van der Waals surface area contributed by atoms with Crippen LogP contribution in [0.5, 0.6) is 11.5 Å². The summed E-state index contributed by atoms with van der Waals surface area (Å²) in [6.45, 7) is 2.19. The zero-order chi connectivity index (χ0) is 17.9. The van der Waals surface area contributed by atoms with E-state index in [1.165, 1.54) is 6.07 Å². The van der Waals surface area contributed by atoms with Crippen molar-refractivity contribution in [1.82, 2.24) is 4.90 Å². The van der Waals surface area contributed by atoms with E-state index < -0.39 is 5.82 Å². The molecule has 2 aliphatic heterocycles. The molecule has 0 bridgehead atoms. The number of halogens is 1. The maximum absolute atomic E-state index is 13.7. The van der Waals surface area contributed by atoms with Crippen molar-refractivity contribution in [3.05, 3.63) is 53.8 Å². The number of rotatable bonds is 4. The summed E-state index contributed by atoms with van der Waals surface area (Å²) in [5.74, 6) is 0.892. The van der Waals surface area contributed by atoms with Crippen LogP contribution in [0, 0.1) is 5.82 Å². The van der Waals surface area contributed by atoms with Gasteiger partial charge < -0.3 is 14.8 Å². The van der Waals surface area contributed by atoms with Crippen LogP contribution in [0.15, 0.2) is 42.5 Å². The lowest BCUT2D eigenvalue weighted by Crippen LogP contribution is -2.33. The first-order valence-electron chi connectivity index (χ1n) is 8.89. The average Bonchev–Trinajstić information content (AvgIpc) is 3.11. The maximum atomic E-state index is 13.7. The number of amides is 1. The van der Waals surface area contributed by atoms with Crippen LogP contribution in [0.1, 0.15) is 24.4 Å². The highest BCUT2D eigenvalue weighted by Crippen LogP contribution is 2.37. The Balaban J connectivity index is 1.45. The smallest absolute Gasteiger partial charge is 0.238 e. The van der Waals surface area contributed by atoms with Gasteiger partial charge in [0.1, 0.15) is 19.0 Å². The Bertz CT molecular complexity index is 811. The van der Waals surface area contributed by atoms with Crippen molar-refractivity contribution in [3.8, 4) is 11.5 Å². The molecule has 0 spiro atoms. The lowest BCUT2D eigenvalue weighted by molar-refractivity contribution is -0.117. The van der Waals surface area contributed by atoms with Gasteiger partial charge in [-0.2, -0.15) is 0 Å². The maximum Gasteiger partial charge on any atom is 0.238 e. The van der Waals surface area contributed by atoms with Gasteiger partial charge in [-0.3, -0.25) is 9.69 Å². The Labute approximate surface area is 151 Å². The van der Waals surface area contributed by atoms with Crippen molar-refractivity contribution < 1.29 is 18.7 Å². The average molecular weight is 356 g/mol. The summed E-state index contributed by atoms with van der Waals surface area (Å²) in [7, 11) is 0. The van der Waals surface area contributed by atoms with Crippen molar-refractivity contribution >= 4 is 11.6 Å². The molecule has 6 heteroatoms. The van der Waals surface area contributed by atoms with Gasteiger partial charge in [-0.1, -0.05) is 18.2 Å². The molecule has 2 aromatic rings. The van der Waals surface area contributed by atoms with Crippen LogP contribution in [0.2, 0.25) is 0 Å². The summed E-state index contributed by atoms with van der Waals surface area (Å²) in [6.07, 6.45) is 2.00. The van der Waals surface area contributed by atoms with E-state index in [1.54, 1.807) is 18.2 Å². The second-order valence-corrected chi connectivity index (χ2v) is 6.56. The minimum absolute atomic E-state index is 0.150. The summed E-state index contributed by atoms with van der Waals surface area (Å²) in [4.78, 5) is 14.5. The summed E-state index contributed by atoms with van der Waals surface area (Å²) in [5.41, 5.74) is 1.33. The third-order valence-electron chi connectivity index (χ3n) is 4.81. The van der Waals surface area contributed by atoms with Crippen LogP contribution < -0.4 is 14.8 Å². The van der Waals surface area contributed by atoms with Crippen LogP contribution in [0.4, 0.5) is 10.1 Å².